The summed E-state index contributed by atoms with van der Waals surface area (Å²) in [4.78, 5) is 22.8. The Hall–Kier alpha value is -1.89. The molecule has 1 fully saturated rings. The number of sulfone groups is 1. The summed E-state index contributed by atoms with van der Waals surface area (Å²) >= 11 is 0. The van der Waals surface area contributed by atoms with Gasteiger partial charge in [0, 0.05) is 12.7 Å². The van der Waals surface area contributed by atoms with Crippen LogP contribution in [0.3, 0.4) is 0 Å². The number of benzene rings is 1. The molecular formula is C12H14N2O4S. The number of rotatable bonds is 3. The van der Waals surface area contributed by atoms with Gasteiger partial charge in [0.05, 0.1) is 10.6 Å². The van der Waals surface area contributed by atoms with Crippen LogP contribution in [-0.4, -0.2) is 32.5 Å². The zero-order chi connectivity index (χ0) is 14.0. The van der Waals surface area contributed by atoms with Gasteiger partial charge in [-0.25, -0.2) is 8.42 Å². The first-order valence-electron chi connectivity index (χ1n) is 5.77. The van der Waals surface area contributed by atoms with Crippen LogP contribution in [0, 0.1) is 0 Å². The first-order valence-corrected chi connectivity index (χ1v) is 7.66. The van der Waals surface area contributed by atoms with Crippen LogP contribution in [0.2, 0.25) is 0 Å². The Morgan fingerprint density at radius 1 is 1.26 bits per heavy atom. The maximum absolute atomic E-state index is 11.6. The lowest BCUT2D eigenvalue weighted by molar-refractivity contribution is -0.133. The first kappa shape index (κ1) is 13.5. The van der Waals surface area contributed by atoms with Gasteiger partial charge >= 0.3 is 0 Å². The summed E-state index contributed by atoms with van der Waals surface area (Å²) in [5, 5.41) is 5.10. The highest BCUT2D eigenvalue weighted by Crippen LogP contribution is 2.22. The molecule has 2 rings (SSSR count). The molecule has 1 aliphatic rings. The van der Waals surface area contributed by atoms with Gasteiger partial charge in [0.1, 0.15) is 6.04 Å². The topological polar surface area (TPSA) is 92.3 Å². The molecule has 2 N–H and O–H groups in total. The van der Waals surface area contributed by atoms with Crippen molar-refractivity contribution in [3.8, 4) is 0 Å². The molecule has 1 saturated heterocycles. The van der Waals surface area contributed by atoms with Crippen molar-refractivity contribution in [1.82, 2.24) is 5.32 Å². The second kappa shape index (κ2) is 5.00. The summed E-state index contributed by atoms with van der Waals surface area (Å²) in [5.41, 5.74) is 0.375. The van der Waals surface area contributed by atoms with E-state index in [4.69, 9.17) is 0 Å². The molecule has 1 aromatic carbocycles. The standard InChI is InChI=1S/C12H14N2O4S/c1-19(17,18)10-5-3-2-4-8(10)13-9-6-7-11(15)14-12(9)16/h2-5,9,13H,6-7H2,1H3,(H,14,15,16). The van der Waals surface area contributed by atoms with E-state index in [-0.39, 0.29) is 17.2 Å². The molecule has 0 aliphatic carbocycles. The third-order valence-electron chi connectivity index (χ3n) is 2.86. The summed E-state index contributed by atoms with van der Waals surface area (Å²) in [6.07, 6.45) is 1.70. The van der Waals surface area contributed by atoms with Crippen LogP contribution in [0.4, 0.5) is 5.69 Å². The van der Waals surface area contributed by atoms with Crippen LogP contribution in [0.15, 0.2) is 29.2 Å². The van der Waals surface area contributed by atoms with E-state index in [0.29, 0.717) is 12.1 Å². The van der Waals surface area contributed by atoms with Gasteiger partial charge in [-0.2, -0.15) is 0 Å². The normalized spacial score (nSPS) is 19.9. The SMILES string of the molecule is CS(=O)(=O)c1ccccc1NC1CCC(=O)NC1=O. The van der Waals surface area contributed by atoms with Gasteiger partial charge in [0.25, 0.3) is 0 Å². The van der Waals surface area contributed by atoms with Crippen molar-refractivity contribution in [2.45, 2.75) is 23.8 Å². The zero-order valence-electron chi connectivity index (χ0n) is 10.3. The average molecular weight is 282 g/mol. The van der Waals surface area contributed by atoms with Crippen molar-refractivity contribution < 1.29 is 18.0 Å². The lowest BCUT2D eigenvalue weighted by Gasteiger charge is -2.23. The third kappa shape index (κ3) is 3.11. The van der Waals surface area contributed by atoms with E-state index >= 15 is 0 Å². The second-order valence-corrected chi connectivity index (χ2v) is 6.40. The highest BCUT2D eigenvalue weighted by molar-refractivity contribution is 7.90. The predicted octanol–water partition coefficient (Wildman–Crippen LogP) is 0.307. The van der Waals surface area contributed by atoms with Crippen LogP contribution in [0.25, 0.3) is 0 Å². The predicted molar refractivity (Wildman–Crippen MR) is 69.3 cm³/mol. The smallest absolute Gasteiger partial charge is 0.249 e. The Morgan fingerprint density at radius 2 is 1.95 bits per heavy atom. The molecule has 1 aliphatic heterocycles. The van der Waals surface area contributed by atoms with Gasteiger partial charge in [-0.1, -0.05) is 12.1 Å². The molecule has 0 aromatic heterocycles. The maximum Gasteiger partial charge on any atom is 0.249 e. The van der Waals surface area contributed by atoms with Crippen LogP contribution < -0.4 is 10.6 Å². The van der Waals surface area contributed by atoms with E-state index in [9.17, 15) is 18.0 Å². The fourth-order valence-electron chi connectivity index (χ4n) is 1.93. The number of anilines is 1. The van der Waals surface area contributed by atoms with Gasteiger partial charge in [0.2, 0.25) is 11.8 Å². The Kier molecular flexibility index (Phi) is 3.57. The number of para-hydroxylation sites is 1. The second-order valence-electron chi connectivity index (χ2n) is 4.42. The van der Waals surface area contributed by atoms with E-state index < -0.39 is 21.8 Å². The van der Waals surface area contributed by atoms with E-state index in [1.807, 2.05) is 0 Å². The molecule has 1 atom stereocenters. The zero-order valence-corrected chi connectivity index (χ0v) is 11.2. The number of piperidine rings is 1. The monoisotopic (exact) mass is 282 g/mol. The minimum absolute atomic E-state index is 0.139. The van der Waals surface area contributed by atoms with Crippen LogP contribution in [0.1, 0.15) is 12.8 Å². The van der Waals surface area contributed by atoms with Gasteiger partial charge in [0.15, 0.2) is 9.84 Å². The van der Waals surface area contributed by atoms with Crippen molar-refractivity contribution in [3.05, 3.63) is 24.3 Å². The van der Waals surface area contributed by atoms with E-state index in [0.717, 1.165) is 6.26 Å². The molecule has 19 heavy (non-hydrogen) atoms. The number of amides is 2. The highest BCUT2D eigenvalue weighted by Gasteiger charge is 2.27. The van der Waals surface area contributed by atoms with Crippen molar-refractivity contribution in [3.63, 3.8) is 0 Å². The molecule has 1 unspecified atom stereocenters. The third-order valence-corrected chi connectivity index (χ3v) is 4.01. The fraction of sp³-hybridized carbons (Fsp3) is 0.333. The molecule has 2 amide bonds. The number of imide groups is 1. The minimum atomic E-state index is -3.37. The number of hydrogen-bond acceptors (Lipinski definition) is 5. The van der Waals surface area contributed by atoms with Gasteiger partial charge in [-0.3, -0.25) is 14.9 Å². The quantitative estimate of drug-likeness (QED) is 0.778. The number of hydrogen-bond donors (Lipinski definition) is 2. The first-order chi connectivity index (χ1) is 8.88. The van der Waals surface area contributed by atoms with Crippen molar-refractivity contribution in [2.75, 3.05) is 11.6 Å². The van der Waals surface area contributed by atoms with Gasteiger partial charge < -0.3 is 5.32 Å². The number of carbonyl (C=O) groups is 2. The average Bonchev–Trinajstić information content (AvgIpc) is 2.32. The minimum Gasteiger partial charge on any atom is -0.373 e. The Morgan fingerprint density at radius 3 is 2.58 bits per heavy atom. The van der Waals surface area contributed by atoms with Crippen molar-refractivity contribution in [2.24, 2.45) is 0 Å². The summed E-state index contributed by atoms with van der Waals surface area (Å²) in [5.74, 6) is -0.737. The van der Waals surface area contributed by atoms with Gasteiger partial charge in [-0.15, -0.1) is 0 Å². The molecule has 0 bridgehead atoms. The molecule has 102 valence electrons. The summed E-state index contributed by atoms with van der Waals surface area (Å²) in [7, 11) is -3.37. The van der Waals surface area contributed by atoms with Crippen molar-refractivity contribution >= 4 is 27.3 Å². The molecule has 6 nitrogen and oxygen atoms in total. The fourth-order valence-corrected chi connectivity index (χ4v) is 2.78. The Balaban J connectivity index is 2.25. The summed E-state index contributed by atoms with van der Waals surface area (Å²) in [6.45, 7) is 0. The molecule has 7 heteroatoms. The summed E-state index contributed by atoms with van der Waals surface area (Å²) < 4.78 is 23.3. The van der Waals surface area contributed by atoms with Crippen LogP contribution in [0.5, 0.6) is 0 Å². The molecule has 1 aromatic rings. The maximum atomic E-state index is 11.6. The Labute approximate surface area is 111 Å². The molecular weight excluding hydrogens is 268 g/mol. The molecule has 0 saturated carbocycles. The van der Waals surface area contributed by atoms with E-state index in [2.05, 4.69) is 10.6 Å². The highest BCUT2D eigenvalue weighted by atomic mass is 32.2. The number of nitrogens with one attached hydrogen (secondary N) is 2. The lowest BCUT2D eigenvalue weighted by atomic mass is 10.1. The molecule has 1 heterocycles. The Bertz CT molecular complexity index is 624. The van der Waals surface area contributed by atoms with Crippen LogP contribution >= 0.6 is 0 Å². The lowest BCUT2D eigenvalue weighted by Crippen LogP contribution is -2.47. The largest absolute Gasteiger partial charge is 0.373 e. The van der Waals surface area contributed by atoms with Crippen LogP contribution in [-0.2, 0) is 19.4 Å². The molecule has 0 radical (unpaired) electrons. The van der Waals surface area contributed by atoms with E-state index in [1.165, 1.54) is 6.07 Å². The number of carbonyl (C=O) groups excluding carboxylic acids is 2. The summed E-state index contributed by atoms with van der Waals surface area (Å²) in [6, 6.07) is 5.78. The van der Waals surface area contributed by atoms with Crippen molar-refractivity contribution in [1.29, 1.82) is 0 Å². The van der Waals surface area contributed by atoms with Gasteiger partial charge in [-0.05, 0) is 18.6 Å². The molecule has 0 spiro atoms. The van der Waals surface area contributed by atoms with E-state index in [1.54, 1.807) is 18.2 Å².